The summed E-state index contributed by atoms with van der Waals surface area (Å²) in [5, 5.41) is 3.14. The minimum absolute atomic E-state index is 0.185. The molecule has 0 heterocycles. The van der Waals surface area contributed by atoms with Gasteiger partial charge in [-0.2, -0.15) is 0 Å². The number of likely N-dealkylation sites (N-methyl/N-ethyl adjacent to an activating group) is 1. The third kappa shape index (κ3) is 7.39. The molecule has 1 aliphatic rings. The molecule has 0 N–H and O–H groups in total. The number of rotatable bonds is 12. The molecule has 7 nitrogen and oxygen atoms in total. The van der Waals surface area contributed by atoms with Crippen LogP contribution in [0.4, 0.5) is 5.69 Å². The topological polar surface area (TPSA) is 69.6 Å². The quantitative estimate of drug-likeness (QED) is 0.228. The molecule has 3 aromatic rings. The smallest absolute Gasteiger partial charge is 0.163 e. The van der Waals surface area contributed by atoms with Crippen molar-refractivity contribution in [3.05, 3.63) is 87.8 Å². The minimum atomic E-state index is 0.185. The van der Waals surface area contributed by atoms with Crippen LogP contribution in [0.3, 0.4) is 0 Å². The van der Waals surface area contributed by atoms with Crippen LogP contribution in [0.2, 0.25) is 0 Å². The predicted molar refractivity (Wildman–Crippen MR) is 155 cm³/mol. The molecule has 0 spiro atoms. The van der Waals surface area contributed by atoms with Crippen molar-refractivity contribution in [3.8, 4) is 23.0 Å². The van der Waals surface area contributed by atoms with Crippen molar-refractivity contribution in [2.45, 2.75) is 38.7 Å². The van der Waals surface area contributed by atoms with Crippen LogP contribution >= 0.6 is 0 Å². The number of nitrogens with zero attached hydrogens (tertiary/aromatic N) is 2. The Kier molecular flexibility index (Phi) is 9.97. The molecule has 0 aromatic heterocycles. The minimum Gasteiger partial charge on any atom is -0.493 e. The van der Waals surface area contributed by atoms with E-state index in [2.05, 4.69) is 46.5 Å². The van der Waals surface area contributed by atoms with E-state index in [-0.39, 0.29) is 12.3 Å². The first-order valence-electron chi connectivity index (χ1n) is 13.4. The van der Waals surface area contributed by atoms with Crippen LogP contribution in [0.5, 0.6) is 23.0 Å². The lowest BCUT2D eigenvalue weighted by atomic mass is 9.85. The van der Waals surface area contributed by atoms with E-state index in [4.69, 9.17) is 18.9 Å². The van der Waals surface area contributed by atoms with Gasteiger partial charge < -0.3 is 23.8 Å². The van der Waals surface area contributed by atoms with Gasteiger partial charge in [-0.1, -0.05) is 36.3 Å². The van der Waals surface area contributed by atoms with E-state index in [1.165, 1.54) is 48.6 Å². The standard InChI is InChI=1S/C32H38N2O5/c1-34(2)18-19-38-27-14-10-24(11-15-27)32(23-8-6-5-7-9-23)25-12-16-28(17-13-25)39-22-26-20-30(36-3)31(37-4)21-29(26)33-35/h10-17,20-21H,5-9,18-19,22H2,1-4H3. The van der Waals surface area contributed by atoms with Crippen molar-refractivity contribution in [1.29, 1.82) is 0 Å². The highest BCUT2D eigenvalue weighted by Gasteiger charge is 2.16. The first-order chi connectivity index (χ1) is 19.0. The van der Waals surface area contributed by atoms with Gasteiger partial charge in [-0.15, -0.1) is 4.91 Å². The zero-order chi connectivity index (χ0) is 27.6. The van der Waals surface area contributed by atoms with Crippen LogP contribution in [-0.2, 0) is 6.61 Å². The Morgan fingerprint density at radius 3 is 1.90 bits per heavy atom. The number of benzene rings is 3. The highest BCUT2D eigenvalue weighted by Crippen LogP contribution is 2.37. The van der Waals surface area contributed by atoms with Gasteiger partial charge in [0.1, 0.15) is 30.4 Å². The summed E-state index contributed by atoms with van der Waals surface area (Å²) in [5.41, 5.74) is 6.07. The Morgan fingerprint density at radius 1 is 0.795 bits per heavy atom. The van der Waals surface area contributed by atoms with E-state index in [0.29, 0.717) is 29.4 Å². The zero-order valence-electron chi connectivity index (χ0n) is 23.4. The summed E-state index contributed by atoms with van der Waals surface area (Å²) in [4.78, 5) is 13.5. The molecule has 1 saturated carbocycles. The summed E-state index contributed by atoms with van der Waals surface area (Å²) >= 11 is 0. The van der Waals surface area contributed by atoms with Crippen molar-refractivity contribution < 1.29 is 18.9 Å². The molecule has 0 unspecified atom stereocenters. The molecule has 0 atom stereocenters. The molecule has 206 valence electrons. The Balaban J connectivity index is 1.53. The van der Waals surface area contributed by atoms with Crippen LogP contribution in [0.1, 0.15) is 48.8 Å². The van der Waals surface area contributed by atoms with Crippen molar-refractivity contribution in [3.63, 3.8) is 0 Å². The fourth-order valence-corrected chi connectivity index (χ4v) is 4.86. The number of ether oxygens (including phenoxy) is 4. The second-order valence-electron chi connectivity index (χ2n) is 9.96. The molecular weight excluding hydrogens is 492 g/mol. The molecule has 0 saturated heterocycles. The van der Waals surface area contributed by atoms with Crippen LogP contribution in [0.15, 0.2) is 71.4 Å². The third-order valence-electron chi connectivity index (χ3n) is 6.98. The highest BCUT2D eigenvalue weighted by atomic mass is 16.5. The van der Waals surface area contributed by atoms with Crippen molar-refractivity contribution in [1.82, 2.24) is 4.90 Å². The molecule has 0 bridgehead atoms. The summed E-state index contributed by atoms with van der Waals surface area (Å²) in [6.45, 7) is 1.73. The van der Waals surface area contributed by atoms with E-state index in [0.717, 1.165) is 25.1 Å². The van der Waals surface area contributed by atoms with Crippen LogP contribution in [0.25, 0.3) is 5.57 Å². The fraction of sp³-hybridized carbons (Fsp3) is 0.375. The highest BCUT2D eigenvalue weighted by molar-refractivity contribution is 5.82. The summed E-state index contributed by atoms with van der Waals surface area (Å²) < 4.78 is 22.6. The van der Waals surface area contributed by atoms with E-state index >= 15 is 0 Å². The fourth-order valence-electron chi connectivity index (χ4n) is 4.86. The van der Waals surface area contributed by atoms with Crippen LogP contribution in [-0.4, -0.2) is 46.4 Å². The Bertz CT molecular complexity index is 1260. The number of hydrogen-bond donors (Lipinski definition) is 0. The van der Waals surface area contributed by atoms with E-state index in [1.54, 1.807) is 19.2 Å². The molecular formula is C32H38N2O5. The maximum Gasteiger partial charge on any atom is 0.163 e. The van der Waals surface area contributed by atoms with Crippen LogP contribution < -0.4 is 18.9 Å². The summed E-state index contributed by atoms with van der Waals surface area (Å²) in [6, 6.07) is 19.9. The average Bonchev–Trinajstić information content (AvgIpc) is 2.97. The molecule has 39 heavy (non-hydrogen) atoms. The average molecular weight is 531 g/mol. The number of methoxy groups -OCH3 is 2. The van der Waals surface area contributed by atoms with Gasteiger partial charge in [0.25, 0.3) is 0 Å². The van der Waals surface area contributed by atoms with Gasteiger partial charge in [0, 0.05) is 18.2 Å². The lowest BCUT2D eigenvalue weighted by Gasteiger charge is -2.21. The monoisotopic (exact) mass is 530 g/mol. The SMILES string of the molecule is COc1cc(COc2ccc(C(=C3CCCCC3)c3ccc(OCCN(C)C)cc3)cc2)c(N=O)cc1OC. The van der Waals surface area contributed by atoms with Gasteiger partial charge in [0.15, 0.2) is 11.5 Å². The maximum absolute atomic E-state index is 11.4. The van der Waals surface area contributed by atoms with E-state index in [9.17, 15) is 4.91 Å². The summed E-state index contributed by atoms with van der Waals surface area (Å²) in [6.07, 6.45) is 5.98. The number of hydrogen-bond acceptors (Lipinski definition) is 7. The lowest BCUT2D eigenvalue weighted by Crippen LogP contribution is -2.19. The Morgan fingerprint density at radius 2 is 1.36 bits per heavy atom. The summed E-state index contributed by atoms with van der Waals surface area (Å²) in [7, 11) is 7.16. The lowest BCUT2D eigenvalue weighted by molar-refractivity contribution is 0.261. The molecule has 1 fully saturated rings. The third-order valence-corrected chi connectivity index (χ3v) is 6.98. The zero-order valence-corrected chi connectivity index (χ0v) is 23.4. The molecule has 1 aliphatic carbocycles. The molecule has 0 aliphatic heterocycles. The normalized spacial score (nSPS) is 13.2. The Labute approximate surface area is 231 Å². The van der Waals surface area contributed by atoms with Gasteiger partial charge in [0.05, 0.1) is 14.2 Å². The predicted octanol–water partition coefficient (Wildman–Crippen LogP) is 7.39. The molecule has 0 radical (unpaired) electrons. The van der Waals surface area contributed by atoms with Crippen molar-refractivity contribution in [2.24, 2.45) is 5.18 Å². The van der Waals surface area contributed by atoms with Crippen molar-refractivity contribution in [2.75, 3.05) is 41.5 Å². The number of allylic oxidation sites excluding steroid dienone is 1. The Hall–Kier alpha value is -3.84. The molecule has 3 aromatic carbocycles. The maximum atomic E-state index is 11.4. The second-order valence-corrected chi connectivity index (χ2v) is 9.96. The van der Waals surface area contributed by atoms with Gasteiger partial charge in [0.2, 0.25) is 0 Å². The van der Waals surface area contributed by atoms with Gasteiger partial charge in [-0.3, -0.25) is 0 Å². The first-order valence-corrected chi connectivity index (χ1v) is 13.4. The van der Waals surface area contributed by atoms with Crippen LogP contribution in [0, 0.1) is 4.91 Å². The largest absolute Gasteiger partial charge is 0.493 e. The van der Waals surface area contributed by atoms with Gasteiger partial charge >= 0.3 is 0 Å². The van der Waals surface area contributed by atoms with E-state index < -0.39 is 0 Å². The molecule has 4 rings (SSSR count). The second kappa shape index (κ2) is 13.8. The van der Waals surface area contributed by atoms with Gasteiger partial charge in [-0.25, -0.2) is 0 Å². The van der Waals surface area contributed by atoms with Crippen molar-refractivity contribution >= 4 is 11.3 Å². The molecule has 0 amide bonds. The number of nitroso groups, excluding NO2 is 1. The van der Waals surface area contributed by atoms with E-state index in [1.807, 2.05) is 26.2 Å². The van der Waals surface area contributed by atoms with Gasteiger partial charge in [-0.05, 0) is 92.0 Å². The molecule has 7 heteroatoms. The first kappa shape index (κ1) is 28.2. The summed E-state index contributed by atoms with van der Waals surface area (Å²) in [5.74, 6) is 2.58.